The summed E-state index contributed by atoms with van der Waals surface area (Å²) >= 11 is 5.92. The second-order valence-corrected chi connectivity index (χ2v) is 4.64. The Bertz CT molecular complexity index is 603. The highest BCUT2D eigenvalue weighted by molar-refractivity contribution is 6.30. The molecule has 0 spiro atoms. The first-order valence-corrected chi connectivity index (χ1v) is 6.20. The van der Waals surface area contributed by atoms with Gasteiger partial charge in [0.15, 0.2) is 0 Å². The van der Waals surface area contributed by atoms with E-state index in [0.717, 1.165) is 5.56 Å². The molecule has 2 N–H and O–H groups in total. The largest absolute Gasteiger partial charge is 0.353 e. The van der Waals surface area contributed by atoms with E-state index in [1.54, 1.807) is 12.1 Å². The normalized spacial score (nSPS) is 19.2. The standard InChI is InChI=1S/C12H11ClN4O2/c13-8-3-1-2-7(4-8)11-16-12(19-17-11)9-5-15-10(18)6-14-9/h1-4,9,14H,5-6H2,(H,15,18). The molecule has 0 saturated carbocycles. The number of rotatable bonds is 2. The summed E-state index contributed by atoms with van der Waals surface area (Å²) in [6.07, 6.45) is 0. The monoisotopic (exact) mass is 278 g/mol. The highest BCUT2D eigenvalue weighted by Crippen LogP contribution is 2.21. The molecule has 0 bridgehead atoms. The summed E-state index contributed by atoms with van der Waals surface area (Å²) in [7, 11) is 0. The van der Waals surface area contributed by atoms with Gasteiger partial charge in [-0.15, -0.1) is 0 Å². The highest BCUT2D eigenvalue weighted by atomic mass is 35.5. The molecule has 98 valence electrons. The maximum Gasteiger partial charge on any atom is 0.245 e. The molecule has 6 nitrogen and oxygen atoms in total. The number of aromatic nitrogens is 2. The smallest absolute Gasteiger partial charge is 0.245 e. The first-order chi connectivity index (χ1) is 9.22. The van der Waals surface area contributed by atoms with Gasteiger partial charge in [0.05, 0.1) is 6.54 Å². The van der Waals surface area contributed by atoms with Gasteiger partial charge in [-0.05, 0) is 12.1 Å². The van der Waals surface area contributed by atoms with Gasteiger partial charge < -0.3 is 9.84 Å². The van der Waals surface area contributed by atoms with Crippen LogP contribution in [0.2, 0.25) is 5.02 Å². The minimum absolute atomic E-state index is 0.0363. The van der Waals surface area contributed by atoms with E-state index >= 15 is 0 Å². The molecule has 1 aliphatic rings. The lowest BCUT2D eigenvalue weighted by atomic mass is 10.2. The number of carbonyl (C=O) groups excluding carboxylic acids is 1. The Balaban J connectivity index is 1.81. The van der Waals surface area contributed by atoms with Crippen LogP contribution in [-0.4, -0.2) is 29.1 Å². The lowest BCUT2D eigenvalue weighted by Crippen LogP contribution is -2.47. The zero-order valence-electron chi connectivity index (χ0n) is 9.89. The first-order valence-electron chi connectivity index (χ1n) is 5.82. The molecule has 1 saturated heterocycles. The fourth-order valence-electron chi connectivity index (χ4n) is 1.86. The summed E-state index contributed by atoms with van der Waals surface area (Å²) in [5, 5.41) is 10.3. The Morgan fingerprint density at radius 3 is 3.05 bits per heavy atom. The van der Waals surface area contributed by atoms with Gasteiger partial charge in [-0.1, -0.05) is 28.9 Å². The molecule has 2 heterocycles. The van der Waals surface area contributed by atoms with Gasteiger partial charge in [0.1, 0.15) is 6.04 Å². The maximum atomic E-state index is 11.0. The molecule has 0 aliphatic carbocycles. The Labute approximate surface area is 114 Å². The molecule has 1 fully saturated rings. The maximum absolute atomic E-state index is 11.0. The highest BCUT2D eigenvalue weighted by Gasteiger charge is 2.24. The fraction of sp³-hybridized carbons (Fsp3) is 0.250. The van der Waals surface area contributed by atoms with Gasteiger partial charge in [0.2, 0.25) is 17.6 Å². The van der Waals surface area contributed by atoms with Crippen molar-refractivity contribution >= 4 is 17.5 Å². The zero-order valence-corrected chi connectivity index (χ0v) is 10.6. The number of hydrogen-bond acceptors (Lipinski definition) is 5. The molecule has 7 heteroatoms. The van der Waals surface area contributed by atoms with Gasteiger partial charge in [0.25, 0.3) is 0 Å². The molecule has 1 atom stereocenters. The van der Waals surface area contributed by atoms with E-state index < -0.39 is 0 Å². The summed E-state index contributed by atoms with van der Waals surface area (Å²) in [6, 6.07) is 7.08. The summed E-state index contributed by atoms with van der Waals surface area (Å²) in [5.41, 5.74) is 0.794. The molecule has 2 aromatic rings. The van der Waals surface area contributed by atoms with Crippen LogP contribution in [0.4, 0.5) is 0 Å². The van der Waals surface area contributed by atoms with E-state index in [-0.39, 0.29) is 18.5 Å². The van der Waals surface area contributed by atoms with E-state index in [4.69, 9.17) is 16.1 Å². The minimum atomic E-state index is -0.155. The predicted octanol–water partition coefficient (Wildman–Crippen LogP) is 1.15. The second kappa shape index (κ2) is 4.99. The van der Waals surface area contributed by atoms with Gasteiger partial charge in [-0.25, -0.2) is 0 Å². The first kappa shape index (κ1) is 12.1. The van der Waals surface area contributed by atoms with Crippen LogP contribution in [0.3, 0.4) is 0 Å². The summed E-state index contributed by atoms with van der Waals surface area (Å²) < 4.78 is 5.22. The third kappa shape index (κ3) is 2.59. The zero-order chi connectivity index (χ0) is 13.2. The third-order valence-corrected chi connectivity index (χ3v) is 3.07. The van der Waals surface area contributed by atoms with Crippen LogP contribution in [0.5, 0.6) is 0 Å². The van der Waals surface area contributed by atoms with Gasteiger partial charge in [-0.3, -0.25) is 10.1 Å². The fourth-order valence-corrected chi connectivity index (χ4v) is 2.05. The van der Waals surface area contributed by atoms with Crippen LogP contribution in [-0.2, 0) is 4.79 Å². The van der Waals surface area contributed by atoms with Crippen molar-refractivity contribution in [1.29, 1.82) is 0 Å². The third-order valence-electron chi connectivity index (χ3n) is 2.84. The van der Waals surface area contributed by atoms with Crippen molar-refractivity contribution < 1.29 is 9.32 Å². The molecule has 19 heavy (non-hydrogen) atoms. The molecule has 1 unspecified atom stereocenters. The van der Waals surface area contributed by atoms with Crippen LogP contribution < -0.4 is 10.6 Å². The number of benzene rings is 1. The Kier molecular flexibility index (Phi) is 3.18. The lowest BCUT2D eigenvalue weighted by Gasteiger charge is -2.20. The number of halogens is 1. The molecule has 3 rings (SSSR count). The molecule has 1 aromatic carbocycles. The lowest BCUT2D eigenvalue weighted by molar-refractivity contribution is -0.121. The Morgan fingerprint density at radius 2 is 2.32 bits per heavy atom. The predicted molar refractivity (Wildman–Crippen MR) is 68.5 cm³/mol. The Morgan fingerprint density at radius 1 is 1.42 bits per heavy atom. The molecule has 0 radical (unpaired) electrons. The number of nitrogens with zero attached hydrogens (tertiary/aromatic N) is 2. The minimum Gasteiger partial charge on any atom is -0.353 e. The number of carbonyl (C=O) groups is 1. The topological polar surface area (TPSA) is 80.1 Å². The van der Waals surface area contributed by atoms with Crippen molar-refractivity contribution in [1.82, 2.24) is 20.8 Å². The molecule has 1 aliphatic heterocycles. The molecular formula is C12H11ClN4O2. The number of piperazine rings is 1. The van der Waals surface area contributed by atoms with Gasteiger partial charge in [-0.2, -0.15) is 4.98 Å². The van der Waals surface area contributed by atoms with E-state index in [9.17, 15) is 4.79 Å². The van der Waals surface area contributed by atoms with Crippen molar-refractivity contribution in [3.8, 4) is 11.4 Å². The van der Waals surface area contributed by atoms with Crippen LogP contribution >= 0.6 is 11.6 Å². The van der Waals surface area contributed by atoms with E-state index in [0.29, 0.717) is 23.3 Å². The van der Waals surface area contributed by atoms with Crippen molar-refractivity contribution in [2.45, 2.75) is 6.04 Å². The van der Waals surface area contributed by atoms with Crippen molar-refractivity contribution in [3.05, 3.63) is 35.2 Å². The number of hydrogen-bond donors (Lipinski definition) is 2. The second-order valence-electron chi connectivity index (χ2n) is 4.20. The summed E-state index contributed by atoms with van der Waals surface area (Å²) in [4.78, 5) is 15.4. The average molecular weight is 279 g/mol. The number of amides is 1. The van der Waals surface area contributed by atoms with Crippen molar-refractivity contribution in [3.63, 3.8) is 0 Å². The van der Waals surface area contributed by atoms with Crippen molar-refractivity contribution in [2.24, 2.45) is 0 Å². The SMILES string of the molecule is O=C1CNC(c2nc(-c3cccc(Cl)c3)no2)CN1. The quantitative estimate of drug-likeness (QED) is 0.861. The van der Waals surface area contributed by atoms with Crippen LogP contribution in [0.1, 0.15) is 11.9 Å². The van der Waals surface area contributed by atoms with Gasteiger partial charge >= 0.3 is 0 Å². The molecule has 1 amide bonds. The molecular weight excluding hydrogens is 268 g/mol. The van der Waals surface area contributed by atoms with Crippen LogP contribution in [0, 0.1) is 0 Å². The van der Waals surface area contributed by atoms with Crippen LogP contribution in [0.25, 0.3) is 11.4 Å². The van der Waals surface area contributed by atoms with E-state index in [2.05, 4.69) is 20.8 Å². The number of nitrogens with one attached hydrogen (secondary N) is 2. The summed E-state index contributed by atoms with van der Waals surface area (Å²) in [6.45, 7) is 0.690. The molecule has 1 aromatic heterocycles. The van der Waals surface area contributed by atoms with Crippen LogP contribution in [0.15, 0.2) is 28.8 Å². The average Bonchev–Trinajstić information content (AvgIpc) is 2.89. The van der Waals surface area contributed by atoms with E-state index in [1.807, 2.05) is 12.1 Å². The van der Waals surface area contributed by atoms with Gasteiger partial charge in [0, 0.05) is 17.1 Å². The Hall–Kier alpha value is -1.92. The van der Waals surface area contributed by atoms with Crippen molar-refractivity contribution in [2.75, 3.05) is 13.1 Å². The van der Waals surface area contributed by atoms with E-state index in [1.165, 1.54) is 0 Å². The summed E-state index contributed by atoms with van der Waals surface area (Å²) in [5.74, 6) is 0.900.